The summed E-state index contributed by atoms with van der Waals surface area (Å²) >= 11 is 5.93. The van der Waals surface area contributed by atoms with Gasteiger partial charge in [0, 0.05) is 25.2 Å². The summed E-state index contributed by atoms with van der Waals surface area (Å²) < 4.78 is 13.1. The number of hydrogen-bond acceptors (Lipinski definition) is 2. The molecule has 2 amide bonds. The van der Waals surface area contributed by atoms with Gasteiger partial charge in [-0.05, 0) is 47.9 Å². The number of hydrogen-bond donors (Lipinski definition) is 1. The Morgan fingerprint density at radius 3 is 2.72 bits per heavy atom. The van der Waals surface area contributed by atoms with Gasteiger partial charge in [-0.2, -0.15) is 0 Å². The molecule has 6 heteroatoms. The first-order valence-electron chi connectivity index (χ1n) is 8.14. The highest BCUT2D eigenvalue weighted by Gasteiger charge is 2.20. The van der Waals surface area contributed by atoms with Crippen LogP contribution in [0.15, 0.2) is 36.4 Å². The van der Waals surface area contributed by atoms with Crippen LogP contribution in [-0.4, -0.2) is 23.3 Å². The molecule has 1 aliphatic heterocycles. The highest BCUT2D eigenvalue weighted by Crippen LogP contribution is 2.24. The van der Waals surface area contributed by atoms with Gasteiger partial charge in [-0.25, -0.2) is 4.39 Å². The van der Waals surface area contributed by atoms with Crippen molar-refractivity contribution in [2.45, 2.75) is 26.3 Å². The second kappa shape index (κ2) is 7.23. The first-order chi connectivity index (χ1) is 12.0. The Balaban J connectivity index is 1.78. The second-order valence-electron chi connectivity index (χ2n) is 5.98. The number of carbonyl (C=O) groups excluding carboxylic acids is 2. The van der Waals surface area contributed by atoms with E-state index in [0.29, 0.717) is 18.7 Å². The molecule has 0 saturated heterocycles. The van der Waals surface area contributed by atoms with E-state index >= 15 is 0 Å². The molecule has 0 aliphatic carbocycles. The van der Waals surface area contributed by atoms with Crippen LogP contribution in [0, 0.1) is 5.82 Å². The zero-order valence-electron chi connectivity index (χ0n) is 13.8. The lowest BCUT2D eigenvalue weighted by Gasteiger charge is -2.29. The van der Waals surface area contributed by atoms with Gasteiger partial charge < -0.3 is 10.2 Å². The fourth-order valence-corrected chi connectivity index (χ4v) is 3.20. The number of nitrogens with zero attached hydrogens (tertiary/aromatic N) is 1. The van der Waals surface area contributed by atoms with Crippen molar-refractivity contribution in [3.8, 4) is 0 Å². The van der Waals surface area contributed by atoms with Crippen LogP contribution in [0.2, 0.25) is 5.02 Å². The third-order valence-corrected chi connectivity index (χ3v) is 4.62. The third kappa shape index (κ3) is 3.82. The summed E-state index contributed by atoms with van der Waals surface area (Å²) in [5.41, 5.74) is 3.03. The lowest BCUT2D eigenvalue weighted by atomic mass is 9.98. The van der Waals surface area contributed by atoms with Crippen LogP contribution in [0.1, 0.15) is 34.8 Å². The first kappa shape index (κ1) is 17.4. The van der Waals surface area contributed by atoms with E-state index in [1.54, 1.807) is 0 Å². The standard InChI is InChI=1S/C19H18ClFN2O2/c1-2-18(24)23-8-7-12-3-5-15(9-13(12)11-23)22-19(25)16-6-4-14(21)10-17(16)20/h3-6,9-10H,2,7-8,11H2,1H3,(H,22,25). The molecule has 3 rings (SSSR count). The summed E-state index contributed by atoms with van der Waals surface area (Å²) in [5.74, 6) is -0.767. The maximum atomic E-state index is 13.1. The fraction of sp³-hybridized carbons (Fsp3) is 0.263. The van der Waals surface area contributed by atoms with Crippen molar-refractivity contribution in [2.24, 2.45) is 0 Å². The summed E-state index contributed by atoms with van der Waals surface area (Å²) in [4.78, 5) is 26.1. The Hall–Kier alpha value is -2.40. The van der Waals surface area contributed by atoms with Gasteiger partial charge in [0.05, 0.1) is 10.6 Å². The van der Waals surface area contributed by atoms with E-state index in [4.69, 9.17) is 11.6 Å². The van der Waals surface area contributed by atoms with E-state index < -0.39 is 11.7 Å². The molecule has 1 heterocycles. The Labute approximate surface area is 150 Å². The van der Waals surface area contributed by atoms with E-state index in [1.165, 1.54) is 17.7 Å². The van der Waals surface area contributed by atoms with Gasteiger partial charge in [0.15, 0.2) is 0 Å². The topological polar surface area (TPSA) is 49.4 Å². The Morgan fingerprint density at radius 2 is 2.00 bits per heavy atom. The summed E-state index contributed by atoms with van der Waals surface area (Å²) in [6.45, 7) is 3.11. The number of nitrogens with one attached hydrogen (secondary N) is 1. The third-order valence-electron chi connectivity index (χ3n) is 4.31. The largest absolute Gasteiger partial charge is 0.338 e. The quantitative estimate of drug-likeness (QED) is 0.898. The molecule has 0 bridgehead atoms. The molecule has 0 unspecified atom stereocenters. The van der Waals surface area contributed by atoms with Crippen molar-refractivity contribution in [2.75, 3.05) is 11.9 Å². The maximum absolute atomic E-state index is 13.1. The molecule has 130 valence electrons. The number of carbonyl (C=O) groups is 2. The van der Waals surface area contributed by atoms with E-state index in [9.17, 15) is 14.0 Å². The molecule has 0 saturated carbocycles. The molecule has 2 aromatic rings. The average Bonchev–Trinajstić information content (AvgIpc) is 2.60. The summed E-state index contributed by atoms with van der Waals surface area (Å²) in [6.07, 6.45) is 1.29. The lowest BCUT2D eigenvalue weighted by Crippen LogP contribution is -2.35. The number of halogens is 2. The van der Waals surface area contributed by atoms with Gasteiger partial charge in [-0.1, -0.05) is 24.6 Å². The Morgan fingerprint density at radius 1 is 1.20 bits per heavy atom. The number of anilines is 1. The monoisotopic (exact) mass is 360 g/mol. The van der Waals surface area contributed by atoms with Gasteiger partial charge in [0.25, 0.3) is 5.91 Å². The predicted octanol–water partition coefficient (Wildman–Crippen LogP) is 4.03. The Kier molecular flexibility index (Phi) is 5.04. The number of rotatable bonds is 3. The molecule has 4 nitrogen and oxygen atoms in total. The van der Waals surface area contributed by atoms with Crippen LogP contribution in [-0.2, 0) is 17.8 Å². The minimum atomic E-state index is -0.490. The predicted molar refractivity (Wildman–Crippen MR) is 95.2 cm³/mol. The summed E-state index contributed by atoms with van der Waals surface area (Å²) in [6, 6.07) is 9.32. The summed E-state index contributed by atoms with van der Waals surface area (Å²) in [5, 5.41) is 2.84. The minimum Gasteiger partial charge on any atom is -0.338 e. The van der Waals surface area contributed by atoms with Crippen molar-refractivity contribution in [1.29, 1.82) is 0 Å². The van der Waals surface area contributed by atoms with Gasteiger partial charge >= 0.3 is 0 Å². The normalized spacial score (nSPS) is 13.3. The van der Waals surface area contributed by atoms with Crippen LogP contribution >= 0.6 is 11.6 Å². The van der Waals surface area contributed by atoms with E-state index in [2.05, 4.69) is 5.32 Å². The second-order valence-corrected chi connectivity index (χ2v) is 6.39. The number of benzene rings is 2. The zero-order chi connectivity index (χ0) is 18.0. The SMILES string of the molecule is CCC(=O)N1CCc2ccc(NC(=O)c3ccc(F)cc3Cl)cc2C1. The van der Waals surface area contributed by atoms with Crippen molar-refractivity contribution in [3.05, 3.63) is 63.9 Å². The molecule has 0 atom stereocenters. The molecule has 0 aromatic heterocycles. The van der Waals surface area contributed by atoms with Crippen molar-refractivity contribution in [1.82, 2.24) is 4.90 Å². The van der Waals surface area contributed by atoms with Gasteiger partial charge in [0.1, 0.15) is 5.82 Å². The van der Waals surface area contributed by atoms with Gasteiger partial charge in [-0.3, -0.25) is 9.59 Å². The molecule has 25 heavy (non-hydrogen) atoms. The van der Waals surface area contributed by atoms with Crippen LogP contribution in [0.5, 0.6) is 0 Å². The van der Waals surface area contributed by atoms with Crippen molar-refractivity contribution < 1.29 is 14.0 Å². The molecule has 1 aliphatic rings. The zero-order valence-corrected chi connectivity index (χ0v) is 14.6. The molecule has 1 N–H and O–H groups in total. The van der Waals surface area contributed by atoms with Crippen LogP contribution in [0.3, 0.4) is 0 Å². The van der Waals surface area contributed by atoms with Crippen LogP contribution in [0.4, 0.5) is 10.1 Å². The molecule has 0 spiro atoms. The molecular weight excluding hydrogens is 343 g/mol. The number of amides is 2. The smallest absolute Gasteiger partial charge is 0.257 e. The number of fused-ring (bicyclic) bond motifs is 1. The minimum absolute atomic E-state index is 0.0650. The lowest BCUT2D eigenvalue weighted by molar-refractivity contribution is -0.131. The fourth-order valence-electron chi connectivity index (χ4n) is 2.94. The van der Waals surface area contributed by atoms with Crippen molar-refractivity contribution >= 4 is 29.1 Å². The van der Waals surface area contributed by atoms with Gasteiger partial charge in [-0.15, -0.1) is 0 Å². The van der Waals surface area contributed by atoms with E-state index in [1.807, 2.05) is 30.0 Å². The molecule has 2 aromatic carbocycles. The first-order valence-corrected chi connectivity index (χ1v) is 8.51. The highest BCUT2D eigenvalue weighted by molar-refractivity contribution is 6.34. The maximum Gasteiger partial charge on any atom is 0.257 e. The van der Waals surface area contributed by atoms with Crippen LogP contribution in [0.25, 0.3) is 0 Å². The van der Waals surface area contributed by atoms with E-state index in [-0.39, 0.29) is 16.5 Å². The average molecular weight is 361 g/mol. The highest BCUT2D eigenvalue weighted by atomic mass is 35.5. The van der Waals surface area contributed by atoms with Gasteiger partial charge in [0.2, 0.25) is 5.91 Å². The molecule has 0 radical (unpaired) electrons. The molecule has 0 fully saturated rings. The van der Waals surface area contributed by atoms with Crippen molar-refractivity contribution in [3.63, 3.8) is 0 Å². The Bertz CT molecular complexity index is 838. The van der Waals surface area contributed by atoms with E-state index in [0.717, 1.165) is 24.6 Å². The van der Waals surface area contributed by atoms with Crippen LogP contribution < -0.4 is 5.32 Å². The molecular formula is C19H18ClFN2O2. The summed E-state index contributed by atoms with van der Waals surface area (Å²) in [7, 11) is 0.